The first-order chi connectivity index (χ1) is 16.9. The Hall–Kier alpha value is -4.51. The van der Waals surface area contributed by atoms with Crippen LogP contribution in [0.15, 0.2) is 48.6 Å². The van der Waals surface area contributed by atoms with Crippen molar-refractivity contribution in [2.45, 2.75) is 26.7 Å². The molecule has 1 aromatic carbocycles. The summed E-state index contributed by atoms with van der Waals surface area (Å²) in [5, 5.41) is 0.736. The molecule has 4 heterocycles. The number of rotatable bonds is 3. The lowest BCUT2D eigenvalue weighted by Gasteiger charge is -2.18. The van der Waals surface area contributed by atoms with Crippen molar-refractivity contribution in [2.24, 2.45) is 7.05 Å². The molecule has 0 atom stereocenters. The third-order valence-electron chi connectivity index (χ3n) is 6.52. The van der Waals surface area contributed by atoms with E-state index in [-0.39, 0.29) is 5.91 Å². The minimum atomic E-state index is 0.0114. The van der Waals surface area contributed by atoms with E-state index in [0.29, 0.717) is 22.9 Å². The van der Waals surface area contributed by atoms with Crippen LogP contribution in [0.2, 0.25) is 0 Å². The third kappa shape index (κ3) is 3.62. The first-order valence-corrected chi connectivity index (χ1v) is 11.4. The predicted octanol–water partition coefficient (Wildman–Crippen LogP) is 4.10. The van der Waals surface area contributed by atoms with Crippen molar-refractivity contribution in [2.75, 3.05) is 12.3 Å². The molecule has 0 spiro atoms. The van der Waals surface area contributed by atoms with Crippen molar-refractivity contribution in [1.82, 2.24) is 29.4 Å². The average molecular weight is 464 g/mol. The van der Waals surface area contributed by atoms with E-state index < -0.39 is 0 Å². The fraction of sp³-hybridized carbons (Fsp3) is 0.222. The highest BCUT2D eigenvalue weighted by Crippen LogP contribution is 2.42. The number of aryl methyl sites for hydroxylation is 2. The first-order valence-electron chi connectivity index (χ1n) is 11.4. The molecule has 0 unspecified atom stereocenters. The fourth-order valence-corrected chi connectivity index (χ4v) is 4.81. The summed E-state index contributed by atoms with van der Waals surface area (Å²) in [5.41, 5.74) is 12.9. The van der Waals surface area contributed by atoms with Crippen molar-refractivity contribution in [3.8, 4) is 34.7 Å². The van der Waals surface area contributed by atoms with E-state index in [2.05, 4.69) is 25.9 Å². The number of anilines is 1. The molecule has 1 aliphatic rings. The number of benzene rings is 1. The highest BCUT2D eigenvalue weighted by Gasteiger charge is 2.26. The molecular formula is C27H25N7O. The van der Waals surface area contributed by atoms with Gasteiger partial charge in [0.05, 0.1) is 16.8 Å². The van der Waals surface area contributed by atoms with Crippen molar-refractivity contribution < 1.29 is 4.79 Å². The zero-order valence-electron chi connectivity index (χ0n) is 19.9. The van der Waals surface area contributed by atoms with Gasteiger partial charge in [0.25, 0.3) is 5.91 Å². The second-order valence-electron chi connectivity index (χ2n) is 8.49. The Morgan fingerprint density at radius 2 is 1.97 bits per heavy atom. The van der Waals surface area contributed by atoms with Crippen LogP contribution in [-0.4, -0.2) is 41.9 Å². The van der Waals surface area contributed by atoms with Crippen LogP contribution in [0.25, 0.3) is 33.4 Å². The normalized spacial score (nSPS) is 14.6. The molecule has 3 aromatic heterocycles. The first kappa shape index (κ1) is 22.3. The fourth-order valence-electron chi connectivity index (χ4n) is 4.81. The monoisotopic (exact) mass is 463 g/mol. The van der Waals surface area contributed by atoms with E-state index in [1.165, 1.54) is 6.33 Å². The number of nitrogen functional groups attached to an aromatic ring is 1. The average Bonchev–Trinajstić information content (AvgIpc) is 3.47. The molecule has 0 saturated carbocycles. The minimum absolute atomic E-state index is 0.0114. The van der Waals surface area contributed by atoms with Gasteiger partial charge >= 0.3 is 0 Å². The summed E-state index contributed by atoms with van der Waals surface area (Å²) in [6.07, 6.45) is 12.6. The van der Waals surface area contributed by atoms with Gasteiger partial charge in [-0.15, -0.1) is 6.42 Å². The maximum atomic E-state index is 13.1. The Bertz CT molecular complexity index is 1540. The van der Waals surface area contributed by atoms with Crippen LogP contribution in [-0.2, 0) is 7.05 Å². The van der Waals surface area contributed by atoms with E-state index >= 15 is 0 Å². The predicted molar refractivity (Wildman–Crippen MR) is 136 cm³/mol. The molecule has 2 N–H and O–H groups in total. The van der Waals surface area contributed by atoms with Gasteiger partial charge in [0.15, 0.2) is 0 Å². The smallest absolute Gasteiger partial charge is 0.257 e. The van der Waals surface area contributed by atoms with Gasteiger partial charge in [-0.25, -0.2) is 19.9 Å². The number of carbonyl (C=O) groups is 1. The van der Waals surface area contributed by atoms with Gasteiger partial charge < -0.3 is 15.2 Å². The molecule has 8 heteroatoms. The van der Waals surface area contributed by atoms with E-state index in [1.807, 2.05) is 60.7 Å². The number of nitrogens with two attached hydrogens (primary N) is 1. The third-order valence-corrected chi connectivity index (χ3v) is 6.52. The Kier molecular flexibility index (Phi) is 5.53. The molecule has 1 amide bonds. The molecule has 1 fully saturated rings. The summed E-state index contributed by atoms with van der Waals surface area (Å²) in [6.45, 7) is 4.61. The van der Waals surface area contributed by atoms with Crippen molar-refractivity contribution >= 4 is 22.8 Å². The second kappa shape index (κ2) is 8.69. The number of terminal acetylenes is 1. The quantitative estimate of drug-likeness (QED) is 0.459. The van der Waals surface area contributed by atoms with Gasteiger partial charge in [-0.1, -0.05) is 18.2 Å². The Morgan fingerprint density at radius 1 is 1.20 bits per heavy atom. The number of hydrogen-bond acceptors (Lipinski definition) is 6. The molecule has 1 saturated heterocycles. The number of amides is 1. The number of hydrogen-bond donors (Lipinski definition) is 1. The number of nitrogens with zero attached hydrogens (tertiary/aromatic N) is 6. The lowest BCUT2D eigenvalue weighted by Crippen LogP contribution is -2.26. The van der Waals surface area contributed by atoms with Gasteiger partial charge in [0, 0.05) is 42.2 Å². The molecule has 8 nitrogen and oxygen atoms in total. The Balaban J connectivity index is 1.67. The lowest BCUT2D eigenvalue weighted by molar-refractivity contribution is 0.0825. The van der Waals surface area contributed by atoms with E-state index in [9.17, 15) is 4.79 Å². The van der Waals surface area contributed by atoms with Crippen LogP contribution >= 0.6 is 0 Å². The van der Waals surface area contributed by atoms with Crippen LogP contribution in [0.4, 0.5) is 5.82 Å². The summed E-state index contributed by atoms with van der Waals surface area (Å²) in [5.74, 6) is 3.20. The number of allylic oxidation sites excluding steroid dienone is 2. The summed E-state index contributed by atoms with van der Waals surface area (Å²) in [4.78, 5) is 32.5. The van der Waals surface area contributed by atoms with Gasteiger partial charge in [-0.3, -0.25) is 4.79 Å². The van der Waals surface area contributed by atoms with E-state index in [0.717, 1.165) is 58.5 Å². The van der Waals surface area contributed by atoms with Gasteiger partial charge in [-0.05, 0) is 50.3 Å². The molecule has 0 radical (unpaired) electrons. The highest BCUT2D eigenvalue weighted by atomic mass is 16.2. The number of carbonyl (C=O) groups excluding carboxylic acids is 1. The maximum absolute atomic E-state index is 13.1. The van der Waals surface area contributed by atoms with E-state index in [4.69, 9.17) is 12.2 Å². The summed E-state index contributed by atoms with van der Waals surface area (Å²) in [7, 11) is 1.92. The lowest BCUT2D eigenvalue weighted by atomic mass is 9.97. The Labute approximate surface area is 203 Å². The molecule has 35 heavy (non-hydrogen) atoms. The SMILES string of the molecule is C#Cc1ncc(-c2c(-c3ccc(C(=O)N4CCC/C4=C\C)cc3)c3c(N)ncnc3n2C)c(C)n1. The van der Waals surface area contributed by atoms with Crippen molar-refractivity contribution in [3.05, 3.63) is 65.6 Å². The van der Waals surface area contributed by atoms with Crippen molar-refractivity contribution in [3.63, 3.8) is 0 Å². The van der Waals surface area contributed by atoms with Crippen LogP contribution in [0.3, 0.4) is 0 Å². The van der Waals surface area contributed by atoms with Gasteiger partial charge in [0.1, 0.15) is 17.8 Å². The number of fused-ring (bicyclic) bond motifs is 1. The van der Waals surface area contributed by atoms with Crippen LogP contribution in [0.5, 0.6) is 0 Å². The van der Waals surface area contributed by atoms with Crippen LogP contribution in [0, 0.1) is 19.3 Å². The number of aromatic nitrogens is 5. The molecule has 0 bridgehead atoms. The standard InChI is InChI=1S/C27H25N7O/c1-5-19-8-7-13-34(19)27(35)18-11-9-17(10-12-18)22-23-25(28)30-15-31-26(23)33(4)24(22)20-14-29-21(6-2)32-16(20)3/h2,5,9-12,14-15H,7-8,13H2,1,3-4H3,(H2,28,30,31)/b19-5+. The zero-order valence-corrected chi connectivity index (χ0v) is 19.9. The molecule has 1 aliphatic heterocycles. The van der Waals surface area contributed by atoms with Crippen LogP contribution in [0.1, 0.15) is 41.6 Å². The van der Waals surface area contributed by atoms with Gasteiger partial charge in [0.2, 0.25) is 5.82 Å². The summed E-state index contributed by atoms with van der Waals surface area (Å²) in [6, 6.07) is 7.60. The maximum Gasteiger partial charge on any atom is 0.257 e. The Morgan fingerprint density at radius 3 is 2.66 bits per heavy atom. The highest BCUT2D eigenvalue weighted by molar-refractivity contribution is 6.08. The molecule has 5 rings (SSSR count). The van der Waals surface area contributed by atoms with Crippen molar-refractivity contribution in [1.29, 1.82) is 0 Å². The van der Waals surface area contributed by atoms with Crippen LogP contribution < -0.4 is 5.73 Å². The summed E-state index contributed by atoms with van der Waals surface area (Å²) >= 11 is 0. The minimum Gasteiger partial charge on any atom is -0.383 e. The zero-order chi connectivity index (χ0) is 24.7. The number of likely N-dealkylation sites (tertiary alicyclic amines) is 1. The van der Waals surface area contributed by atoms with E-state index in [1.54, 1.807) is 6.20 Å². The second-order valence-corrected chi connectivity index (χ2v) is 8.49. The molecular weight excluding hydrogens is 438 g/mol. The largest absolute Gasteiger partial charge is 0.383 e. The molecule has 0 aliphatic carbocycles. The van der Waals surface area contributed by atoms with Gasteiger partial charge in [-0.2, -0.15) is 0 Å². The molecule has 174 valence electrons. The topological polar surface area (TPSA) is 103 Å². The molecule has 4 aromatic rings. The summed E-state index contributed by atoms with van der Waals surface area (Å²) < 4.78 is 1.96.